The Bertz CT molecular complexity index is 604. The Balaban J connectivity index is 2.40. The Labute approximate surface area is 128 Å². The maximum atomic E-state index is 13.2. The van der Waals surface area contributed by atoms with E-state index in [0.29, 0.717) is 10.6 Å². The molecular weight excluding hydrogens is 325 g/mol. The number of amides is 1. The van der Waals surface area contributed by atoms with E-state index >= 15 is 0 Å². The largest absolute Gasteiger partial charge is 0.448 e. The van der Waals surface area contributed by atoms with Gasteiger partial charge in [0.2, 0.25) is 0 Å². The highest BCUT2D eigenvalue weighted by Gasteiger charge is 2.64. The van der Waals surface area contributed by atoms with Crippen molar-refractivity contribution in [2.24, 2.45) is 5.10 Å². The second-order valence-corrected chi connectivity index (χ2v) is 4.99. The van der Waals surface area contributed by atoms with Crippen LogP contribution in [0.3, 0.4) is 0 Å². The summed E-state index contributed by atoms with van der Waals surface area (Å²) in [5.74, 6) is 0. The zero-order valence-corrected chi connectivity index (χ0v) is 12.1. The standard InChI is InChI=1S/C13H12ClF3N2O3/c1-2-22-11(20)19-12(21,13(15,16)17)7-10(18-19)8-3-5-9(14)6-4-8/h3-6,21H,2,7H2,1H3. The predicted octanol–water partition coefficient (Wildman–Crippen LogP) is 3.16. The van der Waals surface area contributed by atoms with E-state index in [-0.39, 0.29) is 17.3 Å². The summed E-state index contributed by atoms with van der Waals surface area (Å²) in [6.45, 7) is 1.29. The quantitative estimate of drug-likeness (QED) is 0.902. The molecule has 1 unspecified atom stereocenters. The molecule has 1 atom stereocenters. The summed E-state index contributed by atoms with van der Waals surface area (Å²) in [7, 11) is 0. The van der Waals surface area contributed by atoms with Crippen LogP contribution in [-0.2, 0) is 4.74 Å². The van der Waals surface area contributed by atoms with Gasteiger partial charge >= 0.3 is 12.3 Å². The number of hydrogen-bond acceptors (Lipinski definition) is 4. The fourth-order valence-corrected chi connectivity index (χ4v) is 2.07. The molecule has 0 bridgehead atoms. The van der Waals surface area contributed by atoms with E-state index in [0.717, 1.165) is 0 Å². The molecule has 0 saturated heterocycles. The highest BCUT2D eigenvalue weighted by atomic mass is 35.5. The van der Waals surface area contributed by atoms with Gasteiger partial charge < -0.3 is 9.84 Å². The van der Waals surface area contributed by atoms with Crippen molar-refractivity contribution in [1.82, 2.24) is 5.01 Å². The van der Waals surface area contributed by atoms with E-state index in [9.17, 15) is 23.1 Å². The SMILES string of the molecule is CCOC(=O)N1N=C(c2ccc(Cl)cc2)CC1(O)C(F)(F)F. The molecule has 5 nitrogen and oxygen atoms in total. The minimum Gasteiger partial charge on any atom is -0.448 e. The summed E-state index contributed by atoms with van der Waals surface area (Å²) in [5, 5.41) is 13.8. The molecule has 1 N–H and O–H groups in total. The number of alkyl halides is 3. The zero-order valence-electron chi connectivity index (χ0n) is 11.4. The number of halogens is 4. The Morgan fingerprint density at radius 3 is 2.55 bits per heavy atom. The average Bonchev–Trinajstić information content (AvgIpc) is 2.79. The van der Waals surface area contributed by atoms with Crippen LogP contribution in [0.4, 0.5) is 18.0 Å². The van der Waals surface area contributed by atoms with Gasteiger partial charge in [0.25, 0.3) is 5.72 Å². The smallest absolute Gasteiger partial charge is 0.439 e. The summed E-state index contributed by atoms with van der Waals surface area (Å²) >= 11 is 5.71. The van der Waals surface area contributed by atoms with Crippen molar-refractivity contribution in [2.75, 3.05) is 6.61 Å². The number of carbonyl (C=O) groups excluding carboxylic acids is 1. The van der Waals surface area contributed by atoms with Gasteiger partial charge in [-0.15, -0.1) is 0 Å². The Hall–Kier alpha value is -1.80. The summed E-state index contributed by atoms with van der Waals surface area (Å²) in [6.07, 6.45) is -7.35. The van der Waals surface area contributed by atoms with Crippen molar-refractivity contribution in [3.05, 3.63) is 34.9 Å². The highest BCUT2D eigenvalue weighted by molar-refractivity contribution is 6.30. The predicted molar refractivity (Wildman–Crippen MR) is 72.5 cm³/mol. The van der Waals surface area contributed by atoms with Gasteiger partial charge in [-0.25, -0.2) is 4.79 Å². The first-order chi connectivity index (χ1) is 10.2. The third-order valence-corrected chi connectivity index (χ3v) is 3.31. The zero-order chi connectivity index (χ0) is 16.5. The molecular formula is C13H12ClF3N2O3. The van der Waals surface area contributed by atoms with Crippen molar-refractivity contribution in [3.63, 3.8) is 0 Å². The molecule has 1 heterocycles. The minimum absolute atomic E-state index is 0.0690. The lowest BCUT2D eigenvalue weighted by molar-refractivity contribution is -0.299. The molecule has 0 fully saturated rings. The van der Waals surface area contributed by atoms with Crippen molar-refractivity contribution in [3.8, 4) is 0 Å². The van der Waals surface area contributed by atoms with Crippen LogP contribution in [0.5, 0.6) is 0 Å². The van der Waals surface area contributed by atoms with Gasteiger partial charge in [0.15, 0.2) is 0 Å². The number of benzene rings is 1. The van der Waals surface area contributed by atoms with Crippen LogP contribution in [0.25, 0.3) is 0 Å². The molecule has 9 heteroatoms. The molecule has 1 aromatic carbocycles. The first-order valence-electron chi connectivity index (χ1n) is 6.28. The molecule has 1 aromatic rings. The van der Waals surface area contributed by atoms with E-state index in [4.69, 9.17) is 11.6 Å². The molecule has 1 aliphatic rings. The molecule has 120 valence electrons. The average molecular weight is 337 g/mol. The van der Waals surface area contributed by atoms with E-state index in [1.54, 1.807) is 0 Å². The second kappa shape index (κ2) is 5.77. The van der Waals surface area contributed by atoms with Gasteiger partial charge in [0.05, 0.1) is 18.7 Å². The van der Waals surface area contributed by atoms with E-state index in [1.165, 1.54) is 31.2 Å². The molecule has 2 rings (SSSR count). The number of hydrogen-bond donors (Lipinski definition) is 1. The lowest BCUT2D eigenvalue weighted by atomic mass is 10.0. The van der Waals surface area contributed by atoms with Gasteiger partial charge in [-0.2, -0.15) is 23.3 Å². The number of nitrogens with zero attached hydrogens (tertiary/aromatic N) is 2. The molecule has 0 spiro atoms. The van der Waals surface area contributed by atoms with Gasteiger partial charge in [0, 0.05) is 5.02 Å². The monoisotopic (exact) mass is 336 g/mol. The van der Waals surface area contributed by atoms with E-state index in [1.807, 2.05) is 0 Å². The van der Waals surface area contributed by atoms with Crippen LogP contribution >= 0.6 is 11.6 Å². The molecule has 1 aliphatic heterocycles. The molecule has 22 heavy (non-hydrogen) atoms. The number of aliphatic hydroxyl groups is 1. The van der Waals surface area contributed by atoms with E-state index in [2.05, 4.69) is 9.84 Å². The molecule has 0 aromatic heterocycles. The van der Waals surface area contributed by atoms with Gasteiger partial charge in [-0.1, -0.05) is 23.7 Å². The fraction of sp³-hybridized carbons (Fsp3) is 0.385. The minimum atomic E-state index is -5.09. The molecule has 1 amide bonds. The number of hydrazone groups is 1. The first kappa shape index (κ1) is 16.6. The van der Waals surface area contributed by atoms with Crippen LogP contribution in [0.15, 0.2) is 29.4 Å². The maximum Gasteiger partial charge on any atom is 0.439 e. The topological polar surface area (TPSA) is 62.1 Å². The number of carbonyl (C=O) groups is 1. The summed E-state index contributed by atoms with van der Waals surface area (Å²) in [6, 6.07) is 5.84. The van der Waals surface area contributed by atoms with Crippen molar-refractivity contribution < 1.29 is 27.8 Å². The van der Waals surface area contributed by atoms with Gasteiger partial charge in [0.1, 0.15) is 0 Å². The van der Waals surface area contributed by atoms with Crippen LogP contribution in [-0.4, -0.2) is 40.4 Å². The van der Waals surface area contributed by atoms with Crippen LogP contribution in [0.1, 0.15) is 18.9 Å². The molecule has 0 aliphatic carbocycles. The Kier molecular flexibility index (Phi) is 4.35. The highest BCUT2D eigenvalue weighted by Crippen LogP contribution is 2.41. The van der Waals surface area contributed by atoms with Crippen molar-refractivity contribution in [1.29, 1.82) is 0 Å². The summed E-state index contributed by atoms with van der Waals surface area (Å²) < 4.78 is 44.0. The Morgan fingerprint density at radius 2 is 2.05 bits per heavy atom. The van der Waals surface area contributed by atoms with Crippen molar-refractivity contribution in [2.45, 2.75) is 25.2 Å². The number of ether oxygens (including phenoxy) is 1. The maximum absolute atomic E-state index is 13.2. The van der Waals surface area contributed by atoms with Crippen LogP contribution in [0, 0.1) is 0 Å². The third-order valence-electron chi connectivity index (χ3n) is 3.06. The van der Waals surface area contributed by atoms with Crippen molar-refractivity contribution >= 4 is 23.4 Å². The summed E-state index contributed by atoms with van der Waals surface area (Å²) in [4.78, 5) is 11.7. The normalized spacial score (nSPS) is 21.7. The van der Waals surface area contributed by atoms with Gasteiger partial charge in [-0.05, 0) is 24.6 Å². The fourth-order valence-electron chi connectivity index (χ4n) is 1.95. The molecule has 0 saturated carbocycles. The summed E-state index contributed by atoms with van der Waals surface area (Å²) in [5.41, 5.74) is -3.21. The lowest BCUT2D eigenvalue weighted by Gasteiger charge is -2.31. The van der Waals surface area contributed by atoms with Crippen LogP contribution in [0.2, 0.25) is 5.02 Å². The van der Waals surface area contributed by atoms with Crippen LogP contribution < -0.4 is 0 Å². The second-order valence-electron chi connectivity index (χ2n) is 4.56. The number of rotatable bonds is 2. The third kappa shape index (κ3) is 2.89. The lowest BCUT2D eigenvalue weighted by Crippen LogP contribution is -2.56. The van der Waals surface area contributed by atoms with E-state index < -0.39 is 24.4 Å². The molecule has 0 radical (unpaired) electrons. The Morgan fingerprint density at radius 1 is 1.45 bits per heavy atom. The van der Waals surface area contributed by atoms with Gasteiger partial charge in [-0.3, -0.25) is 0 Å². The first-order valence-corrected chi connectivity index (χ1v) is 6.66.